The van der Waals surface area contributed by atoms with E-state index >= 15 is 0 Å². The van der Waals surface area contributed by atoms with Crippen LogP contribution in [0.2, 0.25) is 0 Å². The molecule has 0 aromatic heterocycles. The van der Waals surface area contributed by atoms with Crippen LogP contribution in [0.4, 0.5) is 0 Å². The minimum Gasteiger partial charge on any atom is -0.374 e. The van der Waals surface area contributed by atoms with Crippen LogP contribution in [-0.2, 0) is 33.6 Å². The van der Waals surface area contributed by atoms with Crippen molar-refractivity contribution >= 4 is 30.3 Å². The molecule has 132 valence electrons. The van der Waals surface area contributed by atoms with Crippen molar-refractivity contribution in [2.75, 3.05) is 13.1 Å². The van der Waals surface area contributed by atoms with Crippen molar-refractivity contribution in [3.63, 3.8) is 0 Å². The first kappa shape index (κ1) is 18.2. The monoisotopic (exact) mass is 342 g/mol. The van der Waals surface area contributed by atoms with Crippen LogP contribution >= 0.6 is 0 Å². The highest BCUT2D eigenvalue weighted by molar-refractivity contribution is 6.39. The summed E-state index contributed by atoms with van der Waals surface area (Å²) in [7, 11) is 0. The third-order valence-corrected chi connectivity index (χ3v) is 3.89. The molecular formula is C14H18N2O8. The first-order valence-electron chi connectivity index (χ1n) is 7.57. The molecule has 10 heteroatoms. The molecule has 2 heterocycles. The number of nitrogens with zero attached hydrogens (tertiary/aromatic N) is 2. The maximum atomic E-state index is 11.8. The van der Waals surface area contributed by atoms with E-state index in [0.29, 0.717) is 38.3 Å². The van der Waals surface area contributed by atoms with E-state index in [4.69, 9.17) is 9.68 Å². The van der Waals surface area contributed by atoms with Gasteiger partial charge in [-0.3, -0.25) is 4.79 Å². The summed E-state index contributed by atoms with van der Waals surface area (Å²) >= 11 is 0. The summed E-state index contributed by atoms with van der Waals surface area (Å²) in [6.07, 6.45) is 1.02. The van der Waals surface area contributed by atoms with Crippen molar-refractivity contribution in [1.82, 2.24) is 10.1 Å². The van der Waals surface area contributed by atoms with Crippen molar-refractivity contribution in [3.05, 3.63) is 0 Å². The Hall–Kier alpha value is -2.17. The first-order valence-corrected chi connectivity index (χ1v) is 7.57. The number of aliphatic hydroxyl groups is 1. The smallest absolute Gasteiger partial charge is 0.374 e. The normalized spacial score (nSPS) is 25.9. The summed E-state index contributed by atoms with van der Waals surface area (Å²) in [5, 5.41) is 11.7. The van der Waals surface area contributed by atoms with Gasteiger partial charge in [0, 0.05) is 13.1 Å². The highest BCUT2D eigenvalue weighted by Crippen LogP contribution is 2.17. The van der Waals surface area contributed by atoms with E-state index in [0.717, 1.165) is 10.1 Å². The molecule has 0 bridgehead atoms. The van der Waals surface area contributed by atoms with E-state index in [1.54, 1.807) is 0 Å². The molecule has 3 atom stereocenters. The molecule has 0 saturated carbocycles. The van der Waals surface area contributed by atoms with Gasteiger partial charge in [0.25, 0.3) is 5.78 Å². The molecule has 0 aromatic carbocycles. The average Bonchev–Trinajstić information content (AvgIpc) is 3.21. The van der Waals surface area contributed by atoms with Crippen molar-refractivity contribution in [1.29, 1.82) is 0 Å². The molecule has 0 aromatic rings. The third-order valence-electron chi connectivity index (χ3n) is 3.89. The molecule has 2 saturated heterocycles. The lowest BCUT2D eigenvalue weighted by atomic mass is 10.2. The standard InChI is InChI=1S/C14H18N2O8/c17-7-9-3-1-5-15(9)23-13(21)11(19)12(20)14(22)24-16-6-2-4-10(16)8-18/h7-11,19H,1-6H2/t9-,10-,11?/m0/s1. The topological polar surface area (TPSA) is 131 Å². The van der Waals surface area contributed by atoms with Gasteiger partial charge in [-0.05, 0) is 25.7 Å². The quantitative estimate of drug-likeness (QED) is 0.320. The summed E-state index contributed by atoms with van der Waals surface area (Å²) in [6, 6.07) is -1.29. The zero-order valence-corrected chi connectivity index (χ0v) is 12.8. The summed E-state index contributed by atoms with van der Waals surface area (Å²) in [5.41, 5.74) is 0. The van der Waals surface area contributed by atoms with Gasteiger partial charge in [0.2, 0.25) is 6.10 Å². The molecule has 2 aliphatic rings. The number of ketones is 1. The van der Waals surface area contributed by atoms with Crippen LogP contribution in [0.15, 0.2) is 0 Å². The van der Waals surface area contributed by atoms with E-state index in [1.807, 2.05) is 0 Å². The highest BCUT2D eigenvalue weighted by Gasteiger charge is 2.38. The molecule has 0 radical (unpaired) electrons. The van der Waals surface area contributed by atoms with Crippen LogP contribution < -0.4 is 0 Å². The van der Waals surface area contributed by atoms with Gasteiger partial charge in [0.05, 0.1) is 0 Å². The van der Waals surface area contributed by atoms with Gasteiger partial charge in [-0.25, -0.2) is 9.59 Å². The second-order valence-corrected chi connectivity index (χ2v) is 5.53. The van der Waals surface area contributed by atoms with Gasteiger partial charge in [-0.2, -0.15) is 0 Å². The molecule has 1 N–H and O–H groups in total. The Labute approximate surface area is 137 Å². The van der Waals surface area contributed by atoms with Crippen molar-refractivity contribution in [2.24, 2.45) is 0 Å². The van der Waals surface area contributed by atoms with Crippen molar-refractivity contribution < 1.29 is 38.8 Å². The molecular weight excluding hydrogens is 324 g/mol. The van der Waals surface area contributed by atoms with Gasteiger partial charge in [-0.15, -0.1) is 10.1 Å². The summed E-state index contributed by atoms with van der Waals surface area (Å²) in [5.74, 6) is -4.32. The Morgan fingerprint density at radius 2 is 1.46 bits per heavy atom. The van der Waals surface area contributed by atoms with Crippen LogP contribution in [0.1, 0.15) is 25.7 Å². The molecule has 2 rings (SSSR count). The van der Waals surface area contributed by atoms with Crippen LogP contribution in [-0.4, -0.2) is 76.8 Å². The zero-order valence-electron chi connectivity index (χ0n) is 12.8. The molecule has 2 fully saturated rings. The number of rotatable bonds is 7. The number of aldehydes is 2. The maximum Gasteiger partial charge on any atom is 0.396 e. The molecule has 10 nitrogen and oxygen atoms in total. The number of Topliss-reactive ketones (excluding diaryl/α,β-unsaturated/α-hetero) is 1. The molecule has 24 heavy (non-hydrogen) atoms. The molecule has 0 spiro atoms. The number of hydrogen-bond acceptors (Lipinski definition) is 10. The van der Waals surface area contributed by atoms with E-state index < -0.39 is 35.9 Å². The lowest BCUT2D eigenvalue weighted by molar-refractivity contribution is -0.208. The molecule has 0 amide bonds. The number of aliphatic hydroxyl groups excluding tert-OH is 1. The highest BCUT2D eigenvalue weighted by atomic mass is 16.7. The summed E-state index contributed by atoms with van der Waals surface area (Å²) in [6.45, 7) is 0.563. The van der Waals surface area contributed by atoms with Gasteiger partial charge in [0.1, 0.15) is 24.7 Å². The van der Waals surface area contributed by atoms with Crippen LogP contribution in [0.3, 0.4) is 0 Å². The largest absolute Gasteiger partial charge is 0.396 e. The predicted octanol–water partition coefficient (Wildman–Crippen LogP) is -1.84. The number of hydroxylamine groups is 4. The fourth-order valence-electron chi connectivity index (χ4n) is 2.57. The predicted molar refractivity (Wildman–Crippen MR) is 74.8 cm³/mol. The third kappa shape index (κ3) is 4.02. The second kappa shape index (κ2) is 8.08. The van der Waals surface area contributed by atoms with Crippen molar-refractivity contribution in [3.8, 4) is 0 Å². The Morgan fingerprint density at radius 3 is 1.96 bits per heavy atom. The lowest BCUT2D eigenvalue weighted by Crippen LogP contribution is -2.44. The summed E-state index contributed by atoms with van der Waals surface area (Å²) < 4.78 is 0. The Morgan fingerprint density at radius 1 is 0.958 bits per heavy atom. The van der Waals surface area contributed by atoms with Crippen molar-refractivity contribution in [2.45, 2.75) is 43.9 Å². The van der Waals surface area contributed by atoms with E-state index in [9.17, 15) is 29.1 Å². The van der Waals surface area contributed by atoms with E-state index in [1.165, 1.54) is 0 Å². The van der Waals surface area contributed by atoms with Gasteiger partial charge >= 0.3 is 11.9 Å². The Bertz CT molecular complexity index is 537. The van der Waals surface area contributed by atoms with E-state index in [-0.39, 0.29) is 13.1 Å². The van der Waals surface area contributed by atoms with Crippen LogP contribution in [0, 0.1) is 0 Å². The number of carbonyl (C=O) groups is 5. The fourth-order valence-corrected chi connectivity index (χ4v) is 2.57. The fraction of sp³-hybridized carbons (Fsp3) is 0.643. The number of carbonyl (C=O) groups excluding carboxylic acids is 5. The van der Waals surface area contributed by atoms with E-state index in [2.05, 4.69) is 0 Å². The Kier molecular flexibility index (Phi) is 6.12. The maximum absolute atomic E-state index is 11.8. The average molecular weight is 342 g/mol. The minimum absolute atomic E-state index is 0.276. The molecule has 0 aliphatic carbocycles. The Balaban J connectivity index is 1.88. The zero-order chi connectivity index (χ0) is 17.7. The number of hydrogen-bond donors (Lipinski definition) is 1. The summed E-state index contributed by atoms with van der Waals surface area (Å²) in [4.78, 5) is 66.3. The van der Waals surface area contributed by atoms with Crippen LogP contribution in [0.5, 0.6) is 0 Å². The second-order valence-electron chi connectivity index (χ2n) is 5.53. The SMILES string of the molecule is O=C[C@@H]1CCCN1OC(=O)C(=O)C(O)C(=O)ON1CCC[C@H]1C=O. The molecule has 2 aliphatic heterocycles. The van der Waals surface area contributed by atoms with Gasteiger partial charge in [-0.1, -0.05) is 0 Å². The first-order chi connectivity index (χ1) is 11.5. The lowest BCUT2D eigenvalue weighted by Gasteiger charge is -2.21. The van der Waals surface area contributed by atoms with Gasteiger partial charge in [0.15, 0.2) is 0 Å². The minimum atomic E-state index is -2.36. The van der Waals surface area contributed by atoms with Gasteiger partial charge < -0.3 is 24.4 Å². The van der Waals surface area contributed by atoms with Crippen LogP contribution in [0.25, 0.3) is 0 Å². The molecule has 1 unspecified atom stereocenters.